The molecule has 0 saturated carbocycles. The van der Waals surface area contributed by atoms with Gasteiger partial charge in [-0.1, -0.05) is 17.7 Å². The molecule has 0 aliphatic carbocycles. The Hall–Kier alpha value is -2.97. The van der Waals surface area contributed by atoms with E-state index in [1.165, 1.54) is 11.3 Å². The molecule has 2 aromatic heterocycles. The number of carbonyl (C=O) groups is 2. The molecular weight excluding hydrogens is 386 g/mol. The molecule has 2 aliphatic rings. The van der Waals surface area contributed by atoms with Crippen LogP contribution in [0.1, 0.15) is 28.1 Å². The number of hydrogen-bond acceptors (Lipinski definition) is 5. The number of aromatic nitrogens is 1. The van der Waals surface area contributed by atoms with Gasteiger partial charge in [0.1, 0.15) is 9.71 Å². The number of anilines is 3. The third-order valence-electron chi connectivity index (χ3n) is 5.38. The second kappa shape index (κ2) is 7.13. The molecule has 1 atom stereocenters. The predicted molar refractivity (Wildman–Crippen MR) is 115 cm³/mol. The van der Waals surface area contributed by atoms with Crippen molar-refractivity contribution in [1.82, 2.24) is 15.6 Å². The van der Waals surface area contributed by atoms with E-state index in [1.807, 2.05) is 37.3 Å². The first kappa shape index (κ1) is 18.1. The molecule has 0 spiro atoms. The highest BCUT2D eigenvalue weighted by Gasteiger charge is 2.33. The SMILES string of the molecule is Cc1ccc(N2C(=O)Nc3c(C(=O)NC4CCCNC4)sc4nccc2c34)cc1. The van der Waals surface area contributed by atoms with Gasteiger partial charge >= 0.3 is 6.03 Å². The molecule has 2 aliphatic heterocycles. The quantitative estimate of drug-likeness (QED) is 0.617. The van der Waals surface area contributed by atoms with Crippen LogP contribution in [0.25, 0.3) is 10.2 Å². The Labute approximate surface area is 172 Å². The number of urea groups is 1. The first-order valence-corrected chi connectivity index (χ1v) is 10.5. The summed E-state index contributed by atoms with van der Waals surface area (Å²) in [5, 5.41) is 10.1. The minimum Gasteiger partial charge on any atom is -0.347 e. The highest BCUT2D eigenvalue weighted by atomic mass is 32.1. The summed E-state index contributed by atoms with van der Waals surface area (Å²) in [7, 11) is 0. The average Bonchev–Trinajstić information content (AvgIpc) is 3.10. The standard InChI is InChI=1S/C21H21N5O2S/c1-12-4-6-14(7-5-12)26-15-8-10-23-20-16(15)17(25-21(26)28)18(29-20)19(27)24-13-3-2-9-22-11-13/h4-8,10,13,22H,2-3,9,11H2,1H3,(H,24,27)(H,25,28). The summed E-state index contributed by atoms with van der Waals surface area (Å²) in [6.07, 6.45) is 3.68. The fourth-order valence-electron chi connectivity index (χ4n) is 3.92. The van der Waals surface area contributed by atoms with E-state index in [0.717, 1.165) is 53.1 Å². The summed E-state index contributed by atoms with van der Waals surface area (Å²) < 4.78 is 0. The van der Waals surface area contributed by atoms with Crippen LogP contribution in [0.15, 0.2) is 36.5 Å². The van der Waals surface area contributed by atoms with Gasteiger partial charge in [-0.2, -0.15) is 0 Å². The maximum Gasteiger partial charge on any atom is 0.331 e. The first-order chi connectivity index (χ1) is 14.1. The Morgan fingerprint density at radius 1 is 1.28 bits per heavy atom. The summed E-state index contributed by atoms with van der Waals surface area (Å²) in [4.78, 5) is 33.3. The molecule has 3 aromatic rings. The van der Waals surface area contributed by atoms with E-state index < -0.39 is 0 Å². The van der Waals surface area contributed by atoms with E-state index in [4.69, 9.17) is 0 Å². The predicted octanol–water partition coefficient (Wildman–Crippen LogP) is 3.77. The number of nitrogens with zero attached hydrogens (tertiary/aromatic N) is 2. The van der Waals surface area contributed by atoms with Crippen LogP contribution in [-0.2, 0) is 0 Å². The second-order valence-corrected chi connectivity index (χ2v) is 8.43. The van der Waals surface area contributed by atoms with Crippen molar-refractivity contribution < 1.29 is 9.59 Å². The third-order valence-corrected chi connectivity index (χ3v) is 6.47. The van der Waals surface area contributed by atoms with Gasteiger partial charge in [-0.3, -0.25) is 9.69 Å². The lowest BCUT2D eigenvalue weighted by Crippen LogP contribution is -2.45. The Balaban J connectivity index is 1.56. The van der Waals surface area contributed by atoms with Crippen molar-refractivity contribution in [3.8, 4) is 0 Å². The number of pyridine rings is 1. The van der Waals surface area contributed by atoms with E-state index in [0.29, 0.717) is 10.6 Å². The van der Waals surface area contributed by atoms with E-state index in [1.54, 1.807) is 11.1 Å². The van der Waals surface area contributed by atoms with Crippen molar-refractivity contribution in [1.29, 1.82) is 0 Å². The summed E-state index contributed by atoms with van der Waals surface area (Å²) >= 11 is 1.32. The molecular formula is C21H21N5O2S. The maximum atomic E-state index is 13.0. The lowest BCUT2D eigenvalue weighted by Gasteiger charge is -2.28. The molecule has 0 radical (unpaired) electrons. The van der Waals surface area contributed by atoms with E-state index in [-0.39, 0.29) is 18.0 Å². The topological polar surface area (TPSA) is 86.4 Å². The molecule has 0 bridgehead atoms. The van der Waals surface area contributed by atoms with E-state index in [2.05, 4.69) is 20.9 Å². The number of nitrogens with one attached hydrogen (secondary N) is 3. The van der Waals surface area contributed by atoms with Crippen molar-refractivity contribution in [3.63, 3.8) is 0 Å². The van der Waals surface area contributed by atoms with E-state index in [9.17, 15) is 9.59 Å². The van der Waals surface area contributed by atoms with Crippen LogP contribution in [0.2, 0.25) is 0 Å². The van der Waals surface area contributed by atoms with Crippen LogP contribution in [0, 0.1) is 6.92 Å². The minimum absolute atomic E-state index is 0.101. The average molecular weight is 407 g/mol. The van der Waals surface area contributed by atoms with Crippen molar-refractivity contribution in [3.05, 3.63) is 47.0 Å². The smallest absolute Gasteiger partial charge is 0.331 e. The van der Waals surface area contributed by atoms with Gasteiger partial charge in [0.2, 0.25) is 0 Å². The Bertz CT molecular complexity index is 1100. The summed E-state index contributed by atoms with van der Waals surface area (Å²) in [5.74, 6) is -0.160. The number of amides is 3. The number of aryl methyl sites for hydroxylation is 1. The number of piperidine rings is 1. The van der Waals surface area contributed by atoms with Crippen LogP contribution in [0.5, 0.6) is 0 Å². The molecule has 29 heavy (non-hydrogen) atoms. The second-order valence-electron chi connectivity index (χ2n) is 7.43. The van der Waals surface area contributed by atoms with Crippen LogP contribution in [0.3, 0.4) is 0 Å². The molecule has 1 aromatic carbocycles. The van der Waals surface area contributed by atoms with Crippen LogP contribution in [-0.4, -0.2) is 36.1 Å². The minimum atomic E-state index is -0.277. The van der Waals surface area contributed by atoms with Crippen LogP contribution in [0.4, 0.5) is 21.9 Å². The van der Waals surface area contributed by atoms with Gasteiger partial charge in [-0.15, -0.1) is 11.3 Å². The fourth-order valence-corrected chi connectivity index (χ4v) is 4.94. The fraction of sp³-hybridized carbons (Fsp3) is 0.286. The highest BCUT2D eigenvalue weighted by Crippen LogP contribution is 2.45. The van der Waals surface area contributed by atoms with Gasteiger partial charge in [0, 0.05) is 18.8 Å². The normalized spacial score (nSPS) is 18.6. The van der Waals surface area contributed by atoms with Crippen molar-refractivity contribution in [2.45, 2.75) is 25.8 Å². The molecule has 148 valence electrons. The summed E-state index contributed by atoms with van der Waals surface area (Å²) in [6, 6.07) is 9.43. The van der Waals surface area contributed by atoms with Gasteiger partial charge in [0.15, 0.2) is 0 Å². The molecule has 4 heterocycles. The Morgan fingerprint density at radius 2 is 2.10 bits per heavy atom. The molecule has 1 saturated heterocycles. The van der Waals surface area contributed by atoms with E-state index >= 15 is 0 Å². The first-order valence-electron chi connectivity index (χ1n) is 9.72. The number of thiophene rings is 1. The molecule has 3 amide bonds. The summed E-state index contributed by atoms with van der Waals surface area (Å²) in [6.45, 7) is 3.76. The monoisotopic (exact) mass is 407 g/mol. The number of rotatable bonds is 3. The number of carbonyl (C=O) groups excluding carboxylic acids is 2. The zero-order chi connectivity index (χ0) is 20.0. The number of benzene rings is 1. The molecule has 7 nitrogen and oxygen atoms in total. The zero-order valence-corrected chi connectivity index (χ0v) is 16.8. The van der Waals surface area contributed by atoms with Crippen molar-refractivity contribution in [2.75, 3.05) is 23.3 Å². The van der Waals surface area contributed by atoms with Crippen LogP contribution >= 0.6 is 11.3 Å². The van der Waals surface area contributed by atoms with Crippen molar-refractivity contribution in [2.24, 2.45) is 0 Å². The van der Waals surface area contributed by atoms with Gasteiger partial charge in [0.05, 0.1) is 22.4 Å². The molecule has 8 heteroatoms. The molecule has 3 N–H and O–H groups in total. The number of hydrogen-bond donors (Lipinski definition) is 3. The van der Waals surface area contributed by atoms with Crippen molar-refractivity contribution >= 4 is 50.6 Å². The largest absolute Gasteiger partial charge is 0.347 e. The Morgan fingerprint density at radius 3 is 2.86 bits per heavy atom. The maximum absolute atomic E-state index is 13.0. The van der Waals surface area contributed by atoms with Gasteiger partial charge in [-0.25, -0.2) is 9.78 Å². The Kier molecular flexibility index (Phi) is 4.44. The lowest BCUT2D eigenvalue weighted by atomic mass is 10.1. The molecule has 5 rings (SSSR count). The van der Waals surface area contributed by atoms with Gasteiger partial charge in [-0.05, 0) is 44.5 Å². The van der Waals surface area contributed by atoms with Gasteiger partial charge in [0.25, 0.3) is 5.91 Å². The van der Waals surface area contributed by atoms with Crippen LogP contribution < -0.4 is 20.9 Å². The highest BCUT2D eigenvalue weighted by molar-refractivity contribution is 7.21. The lowest BCUT2D eigenvalue weighted by molar-refractivity contribution is 0.0935. The molecule has 1 unspecified atom stereocenters. The third kappa shape index (κ3) is 3.14. The summed E-state index contributed by atoms with van der Waals surface area (Å²) in [5.41, 5.74) is 3.20. The van der Waals surface area contributed by atoms with Gasteiger partial charge < -0.3 is 16.0 Å². The zero-order valence-electron chi connectivity index (χ0n) is 16.0. The molecule has 1 fully saturated rings.